The second-order valence-corrected chi connectivity index (χ2v) is 5.84. The van der Waals surface area contributed by atoms with E-state index in [2.05, 4.69) is 10.9 Å². The molecule has 1 aliphatic heterocycles. The molecule has 2 N–H and O–H groups in total. The largest absolute Gasteiger partial charge is 0.445 e. The Kier molecular flexibility index (Phi) is 4.22. The highest BCUT2D eigenvalue weighted by molar-refractivity contribution is 5.99. The third-order valence-corrected chi connectivity index (χ3v) is 3.97. The van der Waals surface area contributed by atoms with Crippen LogP contribution in [0.2, 0.25) is 0 Å². The van der Waals surface area contributed by atoms with Crippen molar-refractivity contribution >= 4 is 17.8 Å². The first-order valence-electron chi connectivity index (χ1n) is 7.57. The highest BCUT2D eigenvalue weighted by Gasteiger charge is 2.42. The SMILES string of the molecule is CC1(C(=O)NNC(=O)c2ccccc2F)Cc2ccccc2C(=O)O1. The molecular weight excluding hydrogens is 327 g/mol. The highest BCUT2D eigenvalue weighted by Crippen LogP contribution is 2.28. The zero-order valence-electron chi connectivity index (χ0n) is 13.3. The summed E-state index contributed by atoms with van der Waals surface area (Å²) in [4.78, 5) is 36.4. The molecular formula is C18H15FN2O4. The molecule has 3 rings (SSSR count). The number of benzene rings is 2. The lowest BCUT2D eigenvalue weighted by molar-refractivity contribution is -0.140. The van der Waals surface area contributed by atoms with Gasteiger partial charge in [0.15, 0.2) is 5.60 Å². The number of hydrogen-bond acceptors (Lipinski definition) is 4. The number of nitrogens with one attached hydrogen (secondary N) is 2. The molecule has 2 aromatic carbocycles. The molecule has 1 unspecified atom stereocenters. The zero-order valence-corrected chi connectivity index (χ0v) is 13.3. The minimum absolute atomic E-state index is 0.163. The summed E-state index contributed by atoms with van der Waals surface area (Å²) in [5.41, 5.74) is 3.71. The van der Waals surface area contributed by atoms with Gasteiger partial charge in [0, 0.05) is 6.42 Å². The van der Waals surface area contributed by atoms with Gasteiger partial charge in [0.1, 0.15) is 5.82 Å². The number of cyclic esters (lactones) is 1. The number of halogens is 1. The maximum atomic E-state index is 13.6. The first kappa shape index (κ1) is 16.6. The van der Waals surface area contributed by atoms with E-state index in [0.717, 1.165) is 6.07 Å². The highest BCUT2D eigenvalue weighted by atomic mass is 19.1. The van der Waals surface area contributed by atoms with Crippen LogP contribution in [0.15, 0.2) is 48.5 Å². The van der Waals surface area contributed by atoms with Gasteiger partial charge in [0.05, 0.1) is 11.1 Å². The van der Waals surface area contributed by atoms with E-state index in [9.17, 15) is 18.8 Å². The molecule has 7 heteroatoms. The van der Waals surface area contributed by atoms with Crippen LogP contribution in [0.4, 0.5) is 4.39 Å². The summed E-state index contributed by atoms with van der Waals surface area (Å²) in [7, 11) is 0. The van der Waals surface area contributed by atoms with Gasteiger partial charge in [-0.1, -0.05) is 30.3 Å². The van der Waals surface area contributed by atoms with Gasteiger partial charge in [-0.05, 0) is 30.7 Å². The topological polar surface area (TPSA) is 84.5 Å². The maximum absolute atomic E-state index is 13.6. The third-order valence-electron chi connectivity index (χ3n) is 3.97. The average molecular weight is 342 g/mol. The Labute approximate surface area is 143 Å². The van der Waals surface area contributed by atoms with Crippen molar-refractivity contribution in [2.45, 2.75) is 18.9 Å². The van der Waals surface area contributed by atoms with Crippen molar-refractivity contribution in [3.8, 4) is 0 Å². The first-order valence-corrected chi connectivity index (χ1v) is 7.57. The van der Waals surface area contributed by atoms with Gasteiger partial charge in [0.2, 0.25) is 0 Å². The number of hydrazine groups is 1. The monoisotopic (exact) mass is 342 g/mol. The minimum Gasteiger partial charge on any atom is -0.445 e. The van der Waals surface area contributed by atoms with E-state index in [-0.39, 0.29) is 12.0 Å². The molecule has 0 saturated carbocycles. The molecule has 0 fully saturated rings. The molecule has 0 radical (unpaired) electrons. The van der Waals surface area contributed by atoms with Gasteiger partial charge in [-0.15, -0.1) is 0 Å². The van der Waals surface area contributed by atoms with Crippen LogP contribution in [-0.2, 0) is 16.0 Å². The van der Waals surface area contributed by atoms with E-state index < -0.39 is 29.2 Å². The van der Waals surface area contributed by atoms with Gasteiger partial charge in [0.25, 0.3) is 11.8 Å². The fraction of sp³-hybridized carbons (Fsp3) is 0.167. The van der Waals surface area contributed by atoms with E-state index in [1.165, 1.54) is 25.1 Å². The predicted molar refractivity (Wildman–Crippen MR) is 86.0 cm³/mol. The Hall–Kier alpha value is -3.22. The first-order chi connectivity index (χ1) is 11.9. The number of esters is 1. The second kappa shape index (κ2) is 6.35. The molecule has 0 bridgehead atoms. The molecule has 0 aliphatic carbocycles. The maximum Gasteiger partial charge on any atom is 0.339 e. The average Bonchev–Trinajstić information content (AvgIpc) is 2.59. The number of ether oxygens (including phenoxy) is 1. The number of carbonyl (C=O) groups excluding carboxylic acids is 3. The van der Waals surface area contributed by atoms with Crippen molar-refractivity contribution in [2.75, 3.05) is 0 Å². The van der Waals surface area contributed by atoms with Crippen LogP contribution < -0.4 is 10.9 Å². The molecule has 0 aromatic heterocycles. The van der Waals surface area contributed by atoms with Gasteiger partial charge in [-0.25, -0.2) is 9.18 Å². The second-order valence-electron chi connectivity index (χ2n) is 5.84. The smallest absolute Gasteiger partial charge is 0.339 e. The molecule has 1 aliphatic rings. The Morgan fingerprint density at radius 1 is 1.08 bits per heavy atom. The summed E-state index contributed by atoms with van der Waals surface area (Å²) in [6, 6.07) is 12.2. The number of carbonyl (C=O) groups is 3. The van der Waals surface area contributed by atoms with Crippen molar-refractivity contribution in [3.05, 3.63) is 71.0 Å². The predicted octanol–water partition coefficient (Wildman–Crippen LogP) is 1.76. The third kappa shape index (κ3) is 3.21. The zero-order chi connectivity index (χ0) is 18.0. The summed E-state index contributed by atoms with van der Waals surface area (Å²) in [6.07, 6.45) is 0.163. The molecule has 0 saturated heterocycles. The standard InChI is InChI=1S/C18H15FN2O4/c1-18(10-11-6-2-3-7-12(11)16(23)25-18)17(24)21-20-15(22)13-8-4-5-9-14(13)19/h2-9H,10H2,1H3,(H,20,22)(H,21,24). The van der Waals surface area contributed by atoms with E-state index in [4.69, 9.17) is 4.74 Å². The Morgan fingerprint density at radius 2 is 1.76 bits per heavy atom. The van der Waals surface area contributed by atoms with Crippen molar-refractivity contribution in [3.63, 3.8) is 0 Å². The van der Waals surface area contributed by atoms with E-state index in [1.54, 1.807) is 24.3 Å². The van der Waals surface area contributed by atoms with Crippen molar-refractivity contribution < 1.29 is 23.5 Å². The summed E-state index contributed by atoms with van der Waals surface area (Å²) in [6.45, 7) is 1.45. The van der Waals surface area contributed by atoms with Crippen LogP contribution in [0.3, 0.4) is 0 Å². The molecule has 6 nitrogen and oxygen atoms in total. The molecule has 2 amide bonds. The van der Waals surface area contributed by atoms with Crippen LogP contribution in [0, 0.1) is 5.82 Å². The van der Waals surface area contributed by atoms with E-state index in [1.807, 2.05) is 0 Å². The number of rotatable bonds is 2. The van der Waals surface area contributed by atoms with Crippen LogP contribution in [-0.4, -0.2) is 23.4 Å². The Morgan fingerprint density at radius 3 is 2.52 bits per heavy atom. The summed E-state index contributed by atoms with van der Waals surface area (Å²) >= 11 is 0. The fourth-order valence-electron chi connectivity index (χ4n) is 2.62. The molecule has 2 aromatic rings. The summed E-state index contributed by atoms with van der Waals surface area (Å²) in [5, 5.41) is 0. The molecule has 25 heavy (non-hydrogen) atoms. The number of hydrogen-bond donors (Lipinski definition) is 2. The van der Waals surface area contributed by atoms with Gasteiger partial charge in [-0.2, -0.15) is 0 Å². The molecule has 0 spiro atoms. The van der Waals surface area contributed by atoms with Gasteiger partial charge < -0.3 is 4.74 Å². The van der Waals surface area contributed by atoms with Gasteiger partial charge >= 0.3 is 5.97 Å². The van der Waals surface area contributed by atoms with E-state index >= 15 is 0 Å². The van der Waals surface area contributed by atoms with Crippen LogP contribution in [0.1, 0.15) is 33.2 Å². The number of fused-ring (bicyclic) bond motifs is 1. The molecule has 1 atom stereocenters. The molecule has 128 valence electrons. The number of amides is 2. The Bertz CT molecular complexity index is 868. The van der Waals surface area contributed by atoms with Crippen molar-refractivity contribution in [1.82, 2.24) is 10.9 Å². The summed E-state index contributed by atoms with van der Waals surface area (Å²) in [5.74, 6) is -2.84. The normalized spacial score (nSPS) is 18.7. The van der Waals surface area contributed by atoms with Crippen molar-refractivity contribution in [1.29, 1.82) is 0 Å². The van der Waals surface area contributed by atoms with E-state index in [0.29, 0.717) is 11.1 Å². The van der Waals surface area contributed by atoms with Crippen LogP contribution in [0.25, 0.3) is 0 Å². The van der Waals surface area contributed by atoms with Crippen LogP contribution in [0.5, 0.6) is 0 Å². The van der Waals surface area contributed by atoms with Crippen LogP contribution >= 0.6 is 0 Å². The summed E-state index contributed by atoms with van der Waals surface area (Å²) < 4.78 is 18.8. The molecule has 1 heterocycles. The Balaban J connectivity index is 1.70. The lowest BCUT2D eigenvalue weighted by Crippen LogP contribution is -2.56. The van der Waals surface area contributed by atoms with Crippen molar-refractivity contribution in [2.24, 2.45) is 0 Å². The van der Waals surface area contributed by atoms with Gasteiger partial charge in [-0.3, -0.25) is 20.4 Å². The lowest BCUT2D eigenvalue weighted by Gasteiger charge is -2.32. The lowest BCUT2D eigenvalue weighted by atomic mass is 9.89. The quantitative estimate of drug-likeness (QED) is 0.643. The fourth-order valence-corrected chi connectivity index (χ4v) is 2.62. The minimum atomic E-state index is -1.48.